The van der Waals surface area contributed by atoms with Gasteiger partial charge in [-0.1, -0.05) is 42.5 Å². The number of sulfonamides is 1. The number of benzene rings is 2. The summed E-state index contributed by atoms with van der Waals surface area (Å²) >= 11 is 0. The van der Waals surface area contributed by atoms with Gasteiger partial charge in [0.25, 0.3) is 0 Å². The number of carboxylic acid groups (broad SMARTS) is 1. The van der Waals surface area contributed by atoms with E-state index in [2.05, 4.69) is 0 Å². The number of primary sulfonamides is 1. The van der Waals surface area contributed by atoms with Gasteiger partial charge in [-0.2, -0.15) is 0 Å². The van der Waals surface area contributed by atoms with E-state index in [1.54, 1.807) is 36.4 Å². The van der Waals surface area contributed by atoms with Gasteiger partial charge in [0.05, 0.1) is 10.5 Å². The molecule has 0 atom stereocenters. The lowest BCUT2D eigenvalue weighted by Crippen LogP contribution is -2.17. The molecule has 2 rings (SSSR count). The van der Waals surface area contributed by atoms with E-state index in [1.165, 1.54) is 12.1 Å². The second kappa shape index (κ2) is 4.83. The molecule has 0 bridgehead atoms. The van der Waals surface area contributed by atoms with Crippen LogP contribution in [0.25, 0.3) is 11.1 Å². The summed E-state index contributed by atoms with van der Waals surface area (Å²) in [6, 6.07) is 12.9. The minimum atomic E-state index is -4.09. The summed E-state index contributed by atoms with van der Waals surface area (Å²) in [5.74, 6) is -1.33. The molecule has 0 radical (unpaired) electrons. The third kappa shape index (κ3) is 2.64. The van der Waals surface area contributed by atoms with Gasteiger partial charge in [-0.3, -0.25) is 0 Å². The second-order valence-electron chi connectivity index (χ2n) is 3.89. The number of carboxylic acids is 1. The van der Waals surface area contributed by atoms with Crippen molar-refractivity contribution in [2.45, 2.75) is 4.90 Å². The molecular weight excluding hydrogens is 266 g/mol. The van der Waals surface area contributed by atoms with Gasteiger partial charge in [-0.25, -0.2) is 18.4 Å². The summed E-state index contributed by atoms with van der Waals surface area (Å²) in [7, 11) is -4.09. The molecule has 6 heteroatoms. The molecule has 0 saturated carbocycles. The standard InChI is InChI=1S/C13H11NO4S/c14-19(17,18)11-8-4-7-10(12(11)13(15)16)9-5-2-1-3-6-9/h1-8H,(H,15,16)(H2,14,17,18). The van der Waals surface area contributed by atoms with E-state index in [0.29, 0.717) is 11.1 Å². The fourth-order valence-electron chi connectivity index (χ4n) is 1.85. The molecule has 0 aliphatic heterocycles. The Balaban J connectivity index is 2.80. The molecule has 5 nitrogen and oxygen atoms in total. The predicted octanol–water partition coefficient (Wildman–Crippen LogP) is 1.70. The highest BCUT2D eigenvalue weighted by atomic mass is 32.2. The van der Waals surface area contributed by atoms with Crippen LogP contribution in [-0.2, 0) is 10.0 Å². The quantitative estimate of drug-likeness (QED) is 0.892. The van der Waals surface area contributed by atoms with Crippen LogP contribution in [0.3, 0.4) is 0 Å². The molecule has 0 aliphatic rings. The fourth-order valence-corrected chi connectivity index (χ4v) is 2.60. The lowest BCUT2D eigenvalue weighted by Gasteiger charge is -2.10. The number of nitrogens with two attached hydrogens (primary N) is 1. The smallest absolute Gasteiger partial charge is 0.337 e. The van der Waals surface area contributed by atoms with Crippen molar-refractivity contribution >= 4 is 16.0 Å². The Morgan fingerprint density at radius 1 is 1.00 bits per heavy atom. The van der Waals surface area contributed by atoms with Gasteiger partial charge in [-0.05, 0) is 17.2 Å². The molecule has 0 aromatic heterocycles. The van der Waals surface area contributed by atoms with E-state index in [9.17, 15) is 18.3 Å². The molecule has 98 valence electrons. The Morgan fingerprint density at radius 2 is 1.63 bits per heavy atom. The molecule has 0 fully saturated rings. The van der Waals surface area contributed by atoms with Crippen molar-refractivity contribution in [3.63, 3.8) is 0 Å². The highest BCUT2D eigenvalue weighted by Crippen LogP contribution is 2.28. The number of hydrogen-bond acceptors (Lipinski definition) is 3. The molecule has 0 heterocycles. The first-order valence-corrected chi connectivity index (χ1v) is 6.90. The summed E-state index contributed by atoms with van der Waals surface area (Å²) in [5.41, 5.74) is 0.626. The maximum atomic E-state index is 11.5. The van der Waals surface area contributed by atoms with E-state index in [-0.39, 0.29) is 10.5 Å². The largest absolute Gasteiger partial charge is 0.478 e. The minimum Gasteiger partial charge on any atom is -0.478 e. The van der Waals surface area contributed by atoms with Crippen molar-refractivity contribution < 1.29 is 18.3 Å². The topological polar surface area (TPSA) is 97.5 Å². The normalized spacial score (nSPS) is 11.2. The van der Waals surface area contributed by atoms with Gasteiger partial charge < -0.3 is 5.11 Å². The molecule has 0 unspecified atom stereocenters. The monoisotopic (exact) mass is 277 g/mol. The van der Waals surface area contributed by atoms with Crippen LogP contribution in [0.1, 0.15) is 10.4 Å². The van der Waals surface area contributed by atoms with Gasteiger partial charge in [0.1, 0.15) is 0 Å². The highest BCUT2D eigenvalue weighted by Gasteiger charge is 2.22. The maximum Gasteiger partial charge on any atom is 0.337 e. The molecule has 0 amide bonds. The van der Waals surface area contributed by atoms with Crippen LogP contribution < -0.4 is 5.14 Å². The van der Waals surface area contributed by atoms with Gasteiger partial charge in [0.15, 0.2) is 0 Å². The summed E-state index contributed by atoms with van der Waals surface area (Å²) in [6.07, 6.45) is 0. The Morgan fingerprint density at radius 3 is 2.16 bits per heavy atom. The molecule has 2 aromatic carbocycles. The van der Waals surface area contributed by atoms with E-state index < -0.39 is 16.0 Å². The molecule has 19 heavy (non-hydrogen) atoms. The average molecular weight is 277 g/mol. The predicted molar refractivity (Wildman–Crippen MR) is 70.2 cm³/mol. The molecular formula is C13H11NO4S. The molecule has 0 saturated heterocycles. The van der Waals surface area contributed by atoms with Gasteiger partial charge in [0, 0.05) is 0 Å². The number of aromatic carboxylic acids is 1. The zero-order valence-electron chi connectivity index (χ0n) is 9.78. The first-order valence-electron chi connectivity index (χ1n) is 5.36. The minimum absolute atomic E-state index is 0.309. The van der Waals surface area contributed by atoms with Crippen LogP contribution in [-0.4, -0.2) is 19.5 Å². The van der Waals surface area contributed by atoms with Crippen molar-refractivity contribution in [3.8, 4) is 11.1 Å². The van der Waals surface area contributed by atoms with E-state index >= 15 is 0 Å². The summed E-state index contributed by atoms with van der Waals surface area (Å²) in [4.78, 5) is 11.0. The SMILES string of the molecule is NS(=O)(=O)c1cccc(-c2ccccc2)c1C(=O)O. The third-order valence-corrected chi connectivity index (χ3v) is 3.58. The molecule has 0 spiro atoms. The second-order valence-corrected chi connectivity index (χ2v) is 5.42. The lowest BCUT2D eigenvalue weighted by molar-refractivity contribution is 0.0693. The lowest BCUT2D eigenvalue weighted by atomic mass is 10.00. The maximum absolute atomic E-state index is 11.5. The summed E-state index contributed by atoms with van der Waals surface area (Å²) < 4.78 is 22.9. The van der Waals surface area contributed by atoms with Crippen LogP contribution in [0, 0.1) is 0 Å². The average Bonchev–Trinajstić information content (AvgIpc) is 2.37. The highest BCUT2D eigenvalue weighted by molar-refractivity contribution is 7.89. The van der Waals surface area contributed by atoms with E-state index in [4.69, 9.17) is 5.14 Å². The van der Waals surface area contributed by atoms with Crippen LogP contribution in [0.15, 0.2) is 53.4 Å². The van der Waals surface area contributed by atoms with Crippen LogP contribution >= 0.6 is 0 Å². The molecule has 3 N–H and O–H groups in total. The van der Waals surface area contributed by atoms with Crippen molar-refractivity contribution in [2.24, 2.45) is 5.14 Å². The van der Waals surface area contributed by atoms with Crippen LogP contribution in [0.4, 0.5) is 0 Å². The number of carbonyl (C=O) groups is 1. The van der Waals surface area contributed by atoms with Crippen molar-refractivity contribution in [1.29, 1.82) is 0 Å². The van der Waals surface area contributed by atoms with Gasteiger partial charge in [-0.15, -0.1) is 0 Å². The summed E-state index contributed by atoms with van der Waals surface area (Å²) in [6.45, 7) is 0. The fraction of sp³-hybridized carbons (Fsp3) is 0. The van der Waals surface area contributed by atoms with Gasteiger partial charge >= 0.3 is 5.97 Å². The summed E-state index contributed by atoms with van der Waals surface area (Å²) in [5, 5.41) is 14.3. The zero-order chi connectivity index (χ0) is 14.0. The van der Waals surface area contributed by atoms with E-state index in [1.807, 2.05) is 0 Å². The Labute approximate surface area is 110 Å². The zero-order valence-corrected chi connectivity index (χ0v) is 10.6. The number of rotatable bonds is 3. The Hall–Kier alpha value is -2.18. The number of hydrogen-bond donors (Lipinski definition) is 2. The molecule has 0 aliphatic carbocycles. The van der Waals surface area contributed by atoms with Crippen LogP contribution in [0.5, 0.6) is 0 Å². The Kier molecular flexibility index (Phi) is 3.37. The first kappa shape index (κ1) is 13.3. The van der Waals surface area contributed by atoms with E-state index in [0.717, 1.165) is 0 Å². The Bertz CT molecular complexity index is 724. The first-order chi connectivity index (χ1) is 8.91. The van der Waals surface area contributed by atoms with Gasteiger partial charge in [0.2, 0.25) is 10.0 Å². The van der Waals surface area contributed by atoms with Crippen LogP contribution in [0.2, 0.25) is 0 Å². The van der Waals surface area contributed by atoms with Crippen molar-refractivity contribution in [3.05, 3.63) is 54.1 Å². The van der Waals surface area contributed by atoms with Crippen molar-refractivity contribution in [1.82, 2.24) is 0 Å². The van der Waals surface area contributed by atoms with Crippen molar-refractivity contribution in [2.75, 3.05) is 0 Å². The third-order valence-electron chi connectivity index (χ3n) is 2.63. The molecule has 2 aromatic rings.